The average molecular weight is 376 g/mol. The van der Waals surface area contributed by atoms with Crippen LogP contribution in [0.2, 0.25) is 0 Å². The second-order valence-electron chi connectivity index (χ2n) is 7.43. The largest absolute Gasteiger partial charge is 0.342 e. The van der Waals surface area contributed by atoms with E-state index in [-0.39, 0.29) is 18.4 Å². The number of benzene rings is 1. The summed E-state index contributed by atoms with van der Waals surface area (Å²) in [7, 11) is -3.26. The summed E-state index contributed by atoms with van der Waals surface area (Å²) < 4.78 is 24.9. The zero-order valence-corrected chi connectivity index (χ0v) is 15.7. The van der Waals surface area contributed by atoms with Crippen molar-refractivity contribution in [3.8, 4) is 0 Å². The molecule has 140 valence electrons. The molecule has 0 spiro atoms. The quantitative estimate of drug-likeness (QED) is 0.857. The Labute approximate surface area is 153 Å². The number of carbonyl (C=O) groups excluding carboxylic acids is 1. The second kappa shape index (κ2) is 6.66. The van der Waals surface area contributed by atoms with E-state index in [9.17, 15) is 13.2 Å². The zero-order chi connectivity index (χ0) is 18.3. The van der Waals surface area contributed by atoms with Crippen molar-refractivity contribution in [1.29, 1.82) is 0 Å². The first kappa shape index (κ1) is 17.5. The molecule has 1 saturated carbocycles. The van der Waals surface area contributed by atoms with Crippen LogP contribution in [-0.4, -0.2) is 47.9 Å². The summed E-state index contributed by atoms with van der Waals surface area (Å²) in [6.07, 6.45) is 6.23. The summed E-state index contributed by atoms with van der Waals surface area (Å²) in [5.74, 6) is 1.12. The predicted octanol–water partition coefficient (Wildman–Crippen LogP) is 2.44. The Morgan fingerprint density at radius 2 is 2.08 bits per heavy atom. The minimum absolute atomic E-state index is 0.128. The second-order valence-corrected chi connectivity index (χ2v) is 9.41. The number of amides is 1. The number of nitrogens with one attached hydrogen (secondary N) is 2. The number of sulfonamides is 1. The summed E-state index contributed by atoms with van der Waals surface area (Å²) in [6, 6.07) is 5.66. The van der Waals surface area contributed by atoms with Gasteiger partial charge in [-0.25, -0.2) is 17.7 Å². The highest BCUT2D eigenvalue weighted by atomic mass is 32.2. The number of piperidine rings is 1. The van der Waals surface area contributed by atoms with Crippen LogP contribution >= 0.6 is 0 Å². The van der Waals surface area contributed by atoms with E-state index in [0.29, 0.717) is 31.0 Å². The van der Waals surface area contributed by atoms with Gasteiger partial charge in [0, 0.05) is 24.7 Å². The molecule has 1 unspecified atom stereocenters. The van der Waals surface area contributed by atoms with Crippen LogP contribution in [0.3, 0.4) is 0 Å². The predicted molar refractivity (Wildman–Crippen MR) is 100 cm³/mol. The Kier molecular flexibility index (Phi) is 4.48. The highest BCUT2D eigenvalue weighted by molar-refractivity contribution is 7.88. The third-order valence-electron chi connectivity index (χ3n) is 5.48. The van der Waals surface area contributed by atoms with Crippen molar-refractivity contribution in [2.45, 2.75) is 38.0 Å². The third-order valence-corrected chi connectivity index (χ3v) is 6.75. The lowest BCUT2D eigenvalue weighted by Crippen LogP contribution is -2.43. The molecule has 8 heteroatoms. The number of fused-ring (bicyclic) bond motifs is 1. The van der Waals surface area contributed by atoms with Gasteiger partial charge in [0.05, 0.1) is 23.2 Å². The van der Waals surface area contributed by atoms with Gasteiger partial charge in [-0.3, -0.25) is 4.79 Å². The van der Waals surface area contributed by atoms with Crippen LogP contribution in [0.1, 0.15) is 43.8 Å². The number of hydrogen-bond donors (Lipinski definition) is 2. The number of aromatic amines is 1. The number of imidazole rings is 1. The van der Waals surface area contributed by atoms with E-state index in [1.165, 1.54) is 29.8 Å². The van der Waals surface area contributed by atoms with E-state index >= 15 is 0 Å². The smallest absolute Gasteiger partial charge is 0.228 e. The Balaban J connectivity index is 1.46. The number of nitrogens with zero attached hydrogens (tertiary/aromatic N) is 2. The lowest BCUT2D eigenvalue weighted by molar-refractivity contribution is -0.120. The molecule has 1 aliphatic heterocycles. The molecule has 2 aliphatic rings. The molecule has 1 saturated heterocycles. The first-order chi connectivity index (χ1) is 12.4. The fraction of sp³-hybridized carbons (Fsp3) is 0.556. The molecular weight excluding hydrogens is 352 g/mol. The minimum Gasteiger partial charge on any atom is -0.342 e. The number of anilines is 1. The summed E-state index contributed by atoms with van der Waals surface area (Å²) >= 11 is 0. The maximum atomic E-state index is 12.6. The van der Waals surface area contributed by atoms with Gasteiger partial charge in [0.15, 0.2) is 0 Å². The van der Waals surface area contributed by atoms with Gasteiger partial charge in [0.25, 0.3) is 0 Å². The van der Waals surface area contributed by atoms with Gasteiger partial charge in [0.2, 0.25) is 15.9 Å². The van der Waals surface area contributed by atoms with Crippen LogP contribution in [0, 0.1) is 5.92 Å². The van der Waals surface area contributed by atoms with Crippen molar-refractivity contribution >= 4 is 32.7 Å². The molecule has 26 heavy (non-hydrogen) atoms. The van der Waals surface area contributed by atoms with Crippen LogP contribution in [0.5, 0.6) is 0 Å². The molecule has 2 N–H and O–H groups in total. The SMILES string of the molecule is CS(=O)(=O)N1CCCC(C(=O)Nc2ccc3nc(C4CCC4)[nH]c3c2)C1. The maximum absolute atomic E-state index is 12.6. The fourth-order valence-corrected chi connectivity index (χ4v) is 4.60. The van der Waals surface area contributed by atoms with Crippen LogP contribution in [0.15, 0.2) is 18.2 Å². The van der Waals surface area contributed by atoms with Crippen LogP contribution in [-0.2, 0) is 14.8 Å². The molecule has 1 aromatic heterocycles. The highest BCUT2D eigenvalue weighted by Gasteiger charge is 2.30. The lowest BCUT2D eigenvalue weighted by atomic mass is 9.85. The molecule has 7 nitrogen and oxygen atoms in total. The van der Waals surface area contributed by atoms with E-state index in [2.05, 4.69) is 15.3 Å². The molecule has 0 radical (unpaired) electrons. The van der Waals surface area contributed by atoms with E-state index < -0.39 is 10.0 Å². The molecule has 4 rings (SSSR count). The number of carbonyl (C=O) groups is 1. The van der Waals surface area contributed by atoms with Crippen molar-refractivity contribution in [3.63, 3.8) is 0 Å². The van der Waals surface area contributed by atoms with Crippen LogP contribution < -0.4 is 5.32 Å². The monoisotopic (exact) mass is 376 g/mol. The van der Waals surface area contributed by atoms with Crippen molar-refractivity contribution in [1.82, 2.24) is 14.3 Å². The summed E-state index contributed by atoms with van der Waals surface area (Å²) in [6.45, 7) is 0.745. The molecule has 2 aromatic rings. The first-order valence-electron chi connectivity index (χ1n) is 9.16. The van der Waals surface area contributed by atoms with Gasteiger partial charge in [-0.1, -0.05) is 6.42 Å². The van der Waals surface area contributed by atoms with Crippen LogP contribution in [0.4, 0.5) is 5.69 Å². The Morgan fingerprint density at radius 1 is 1.27 bits per heavy atom. The van der Waals surface area contributed by atoms with Gasteiger partial charge in [0.1, 0.15) is 5.82 Å². The molecule has 1 atom stereocenters. The van der Waals surface area contributed by atoms with Crippen molar-refractivity contribution in [2.24, 2.45) is 5.92 Å². The molecule has 1 amide bonds. The summed E-state index contributed by atoms with van der Waals surface area (Å²) in [5.41, 5.74) is 2.54. The average Bonchev–Trinajstić information content (AvgIpc) is 2.95. The summed E-state index contributed by atoms with van der Waals surface area (Å²) in [4.78, 5) is 20.6. The van der Waals surface area contributed by atoms with Crippen molar-refractivity contribution < 1.29 is 13.2 Å². The van der Waals surface area contributed by atoms with E-state index in [0.717, 1.165) is 16.9 Å². The minimum atomic E-state index is -3.26. The maximum Gasteiger partial charge on any atom is 0.228 e. The fourth-order valence-electron chi connectivity index (χ4n) is 3.68. The number of aromatic nitrogens is 2. The van der Waals surface area contributed by atoms with Gasteiger partial charge < -0.3 is 10.3 Å². The standard InChI is InChI=1S/C18H24N4O3S/c1-26(24,25)22-9-3-6-13(11-22)18(23)19-14-7-8-15-16(10-14)21-17(20-15)12-4-2-5-12/h7-8,10,12-13H,2-6,9,11H2,1H3,(H,19,23)(H,20,21). The van der Waals surface area contributed by atoms with E-state index in [4.69, 9.17) is 0 Å². The van der Waals surface area contributed by atoms with Gasteiger partial charge in [-0.15, -0.1) is 0 Å². The molecule has 2 heterocycles. The lowest BCUT2D eigenvalue weighted by Gasteiger charge is -2.30. The van der Waals surface area contributed by atoms with Crippen molar-refractivity contribution in [2.75, 3.05) is 24.7 Å². The number of H-pyrrole nitrogens is 1. The van der Waals surface area contributed by atoms with Gasteiger partial charge in [-0.2, -0.15) is 0 Å². The van der Waals surface area contributed by atoms with Crippen molar-refractivity contribution in [3.05, 3.63) is 24.0 Å². The topological polar surface area (TPSA) is 95.2 Å². The van der Waals surface area contributed by atoms with E-state index in [1.54, 1.807) is 0 Å². The Morgan fingerprint density at radius 3 is 2.77 bits per heavy atom. The molecule has 1 aromatic carbocycles. The van der Waals surface area contributed by atoms with Gasteiger partial charge in [-0.05, 0) is 43.9 Å². The normalized spacial score (nSPS) is 22.3. The van der Waals surface area contributed by atoms with E-state index in [1.807, 2.05) is 18.2 Å². The first-order valence-corrected chi connectivity index (χ1v) is 11.0. The highest BCUT2D eigenvalue weighted by Crippen LogP contribution is 2.35. The number of rotatable bonds is 4. The third kappa shape index (κ3) is 3.48. The van der Waals surface area contributed by atoms with Crippen LogP contribution in [0.25, 0.3) is 11.0 Å². The Hall–Kier alpha value is -1.93. The number of hydrogen-bond acceptors (Lipinski definition) is 4. The summed E-state index contributed by atoms with van der Waals surface area (Å²) in [5, 5.41) is 2.93. The zero-order valence-electron chi connectivity index (χ0n) is 14.9. The molecule has 2 fully saturated rings. The molecular formula is C18H24N4O3S. The molecule has 1 aliphatic carbocycles. The molecule has 0 bridgehead atoms. The van der Waals surface area contributed by atoms with Gasteiger partial charge >= 0.3 is 0 Å². The Bertz CT molecular complexity index is 933.